The summed E-state index contributed by atoms with van der Waals surface area (Å²) in [6.07, 6.45) is 3.90. The molecule has 130 valence electrons. The van der Waals surface area contributed by atoms with Gasteiger partial charge in [0.05, 0.1) is 18.8 Å². The largest absolute Gasteiger partial charge is 0.379 e. The summed E-state index contributed by atoms with van der Waals surface area (Å²) in [4.78, 5) is 26.8. The lowest BCUT2D eigenvalue weighted by Gasteiger charge is -2.41. The molecular formula is C19H25NO3S. The summed E-state index contributed by atoms with van der Waals surface area (Å²) >= 11 is 1.63. The van der Waals surface area contributed by atoms with Gasteiger partial charge in [0.25, 0.3) is 0 Å². The Balaban J connectivity index is 2.13. The molecule has 1 aromatic carbocycles. The van der Waals surface area contributed by atoms with Crippen LogP contribution in [-0.2, 0) is 9.53 Å². The average Bonchev–Trinajstić information content (AvgIpc) is 2.63. The zero-order chi connectivity index (χ0) is 17.4. The van der Waals surface area contributed by atoms with E-state index in [-0.39, 0.29) is 5.78 Å². The SMILES string of the molecule is C=CCC(C)(C(=O)c1ccc(SCCC=O)cc1)N1CCOCC1. The Morgan fingerprint density at radius 2 is 2.00 bits per heavy atom. The summed E-state index contributed by atoms with van der Waals surface area (Å²) in [6.45, 7) is 8.66. The molecule has 0 radical (unpaired) electrons. The fraction of sp³-hybridized carbons (Fsp3) is 0.474. The van der Waals surface area contributed by atoms with Crippen LogP contribution < -0.4 is 0 Å². The molecule has 1 aromatic rings. The van der Waals surface area contributed by atoms with Crippen LogP contribution >= 0.6 is 11.8 Å². The first-order valence-electron chi connectivity index (χ1n) is 8.27. The quantitative estimate of drug-likeness (QED) is 0.226. The van der Waals surface area contributed by atoms with Gasteiger partial charge in [0.2, 0.25) is 0 Å². The Labute approximate surface area is 148 Å². The van der Waals surface area contributed by atoms with Gasteiger partial charge in [-0.1, -0.05) is 18.2 Å². The van der Waals surface area contributed by atoms with E-state index in [2.05, 4.69) is 11.5 Å². The molecule has 0 aromatic heterocycles. The van der Waals surface area contributed by atoms with Gasteiger partial charge >= 0.3 is 0 Å². The van der Waals surface area contributed by atoms with Crippen molar-refractivity contribution in [2.24, 2.45) is 0 Å². The lowest BCUT2D eigenvalue weighted by Crippen LogP contribution is -2.56. The molecule has 4 nitrogen and oxygen atoms in total. The molecule has 0 saturated carbocycles. The number of benzene rings is 1. The number of Topliss-reactive ketones (excluding diaryl/α,β-unsaturated/α-hetero) is 1. The van der Waals surface area contributed by atoms with Gasteiger partial charge in [0.15, 0.2) is 5.78 Å². The van der Waals surface area contributed by atoms with Gasteiger partial charge < -0.3 is 9.53 Å². The summed E-state index contributed by atoms with van der Waals surface area (Å²) < 4.78 is 5.41. The van der Waals surface area contributed by atoms with E-state index in [1.54, 1.807) is 11.8 Å². The van der Waals surface area contributed by atoms with Crippen LogP contribution in [0, 0.1) is 0 Å². The zero-order valence-corrected chi connectivity index (χ0v) is 15.0. The fourth-order valence-corrected chi connectivity index (χ4v) is 3.72. The highest BCUT2D eigenvalue weighted by Gasteiger charge is 2.39. The third-order valence-electron chi connectivity index (χ3n) is 4.36. The van der Waals surface area contributed by atoms with Crippen molar-refractivity contribution in [2.75, 3.05) is 32.1 Å². The van der Waals surface area contributed by atoms with Crippen LogP contribution in [0.25, 0.3) is 0 Å². The van der Waals surface area contributed by atoms with E-state index in [1.807, 2.05) is 37.3 Å². The monoisotopic (exact) mass is 347 g/mol. The number of carbonyl (C=O) groups excluding carboxylic acids is 2. The van der Waals surface area contributed by atoms with Crippen LogP contribution in [0.2, 0.25) is 0 Å². The van der Waals surface area contributed by atoms with E-state index in [0.29, 0.717) is 31.6 Å². The minimum Gasteiger partial charge on any atom is -0.379 e. The van der Waals surface area contributed by atoms with Gasteiger partial charge in [-0.25, -0.2) is 0 Å². The maximum atomic E-state index is 13.1. The van der Waals surface area contributed by atoms with Crippen molar-refractivity contribution < 1.29 is 14.3 Å². The Bertz CT molecular complexity index is 566. The second-order valence-corrected chi connectivity index (χ2v) is 7.19. The number of hydrogen-bond acceptors (Lipinski definition) is 5. The minimum absolute atomic E-state index is 0.119. The maximum Gasteiger partial charge on any atom is 0.183 e. The van der Waals surface area contributed by atoms with Crippen molar-refractivity contribution in [3.8, 4) is 0 Å². The fourth-order valence-electron chi connectivity index (χ4n) is 2.94. The second kappa shape index (κ2) is 9.16. The van der Waals surface area contributed by atoms with E-state index in [0.717, 1.165) is 30.0 Å². The number of rotatable bonds is 9. The van der Waals surface area contributed by atoms with Gasteiger partial charge in [-0.2, -0.15) is 0 Å². The number of ether oxygens (including phenoxy) is 1. The summed E-state index contributed by atoms with van der Waals surface area (Å²) in [7, 11) is 0. The number of nitrogens with zero attached hydrogens (tertiary/aromatic N) is 1. The standard InChI is InChI=1S/C19H25NO3S/c1-3-9-19(2,20-10-13-23-14-11-20)18(22)16-5-7-17(8-6-16)24-15-4-12-21/h3,5-8,12H,1,4,9-11,13-15H2,2H3. The average molecular weight is 347 g/mol. The van der Waals surface area contributed by atoms with Gasteiger partial charge in [-0.05, 0) is 25.5 Å². The smallest absolute Gasteiger partial charge is 0.183 e. The first kappa shape index (κ1) is 18.9. The molecule has 1 unspecified atom stereocenters. The summed E-state index contributed by atoms with van der Waals surface area (Å²) in [5, 5.41) is 0. The predicted octanol–water partition coefficient (Wildman–Crippen LogP) is 3.22. The van der Waals surface area contributed by atoms with Crippen LogP contribution in [0.15, 0.2) is 41.8 Å². The lowest BCUT2D eigenvalue weighted by atomic mass is 9.86. The number of carbonyl (C=O) groups is 2. The number of hydrogen-bond donors (Lipinski definition) is 0. The van der Waals surface area contributed by atoms with Crippen LogP contribution in [-0.4, -0.2) is 54.6 Å². The number of morpholine rings is 1. The number of thioether (sulfide) groups is 1. The molecule has 2 rings (SSSR count). The molecule has 1 heterocycles. The molecule has 0 bridgehead atoms. The highest BCUT2D eigenvalue weighted by Crippen LogP contribution is 2.27. The Kier molecular flexibility index (Phi) is 7.21. The third-order valence-corrected chi connectivity index (χ3v) is 5.41. The normalized spacial score (nSPS) is 17.9. The zero-order valence-electron chi connectivity index (χ0n) is 14.2. The predicted molar refractivity (Wildman–Crippen MR) is 97.8 cm³/mol. The van der Waals surface area contributed by atoms with Crippen LogP contribution in [0.1, 0.15) is 30.1 Å². The highest BCUT2D eigenvalue weighted by molar-refractivity contribution is 7.99. The molecule has 0 aliphatic carbocycles. The van der Waals surface area contributed by atoms with E-state index in [4.69, 9.17) is 4.74 Å². The van der Waals surface area contributed by atoms with Gasteiger partial charge in [-0.15, -0.1) is 18.3 Å². The van der Waals surface area contributed by atoms with Crippen LogP contribution in [0.3, 0.4) is 0 Å². The summed E-state index contributed by atoms with van der Waals surface area (Å²) in [5.41, 5.74) is 0.128. The van der Waals surface area contributed by atoms with Crippen LogP contribution in [0.4, 0.5) is 0 Å². The first-order valence-corrected chi connectivity index (χ1v) is 9.25. The van der Waals surface area contributed by atoms with E-state index in [9.17, 15) is 9.59 Å². The Morgan fingerprint density at radius 1 is 1.33 bits per heavy atom. The lowest BCUT2D eigenvalue weighted by molar-refractivity contribution is -0.107. The molecule has 0 N–H and O–H groups in total. The van der Waals surface area contributed by atoms with Crippen molar-refractivity contribution >= 4 is 23.8 Å². The minimum atomic E-state index is -0.586. The third kappa shape index (κ3) is 4.56. The molecule has 1 fully saturated rings. The summed E-state index contributed by atoms with van der Waals surface area (Å²) in [5.74, 6) is 0.882. The maximum absolute atomic E-state index is 13.1. The first-order chi connectivity index (χ1) is 11.6. The van der Waals surface area contributed by atoms with Crippen molar-refractivity contribution in [1.82, 2.24) is 4.90 Å². The van der Waals surface area contributed by atoms with Crippen LogP contribution in [0.5, 0.6) is 0 Å². The molecule has 1 aliphatic heterocycles. The Hall–Kier alpha value is -1.43. The molecule has 24 heavy (non-hydrogen) atoms. The molecule has 0 spiro atoms. The van der Waals surface area contributed by atoms with E-state index >= 15 is 0 Å². The molecule has 1 aliphatic rings. The van der Waals surface area contributed by atoms with Gasteiger partial charge in [-0.3, -0.25) is 9.69 Å². The van der Waals surface area contributed by atoms with Gasteiger partial charge in [0, 0.05) is 35.7 Å². The van der Waals surface area contributed by atoms with Gasteiger partial charge in [0.1, 0.15) is 6.29 Å². The highest BCUT2D eigenvalue weighted by atomic mass is 32.2. The molecule has 5 heteroatoms. The number of ketones is 1. The van der Waals surface area contributed by atoms with E-state index < -0.39 is 5.54 Å². The molecular weight excluding hydrogens is 322 g/mol. The Morgan fingerprint density at radius 3 is 2.58 bits per heavy atom. The number of aldehydes is 1. The van der Waals surface area contributed by atoms with Crippen molar-refractivity contribution in [2.45, 2.75) is 30.2 Å². The topological polar surface area (TPSA) is 46.6 Å². The molecule has 1 atom stereocenters. The van der Waals surface area contributed by atoms with Crippen molar-refractivity contribution in [1.29, 1.82) is 0 Å². The molecule has 1 saturated heterocycles. The summed E-state index contributed by atoms with van der Waals surface area (Å²) in [6, 6.07) is 7.67. The van der Waals surface area contributed by atoms with Crippen molar-refractivity contribution in [3.05, 3.63) is 42.5 Å². The molecule has 0 amide bonds. The second-order valence-electron chi connectivity index (χ2n) is 6.02. The van der Waals surface area contributed by atoms with E-state index in [1.165, 1.54) is 0 Å². The van der Waals surface area contributed by atoms with Crippen molar-refractivity contribution in [3.63, 3.8) is 0 Å².